The Hall–Kier alpha value is -2.78. The summed E-state index contributed by atoms with van der Waals surface area (Å²) in [6.07, 6.45) is -0.396. The second-order valence-electron chi connectivity index (χ2n) is 12.3. The molecule has 5 atom stereocenters. The highest BCUT2D eigenvalue weighted by atomic mass is 19.4. The standard InChI is InChI=1S/C30H33F3N2O4/c1-34(24(37)14-18-3-2-4-20(13-18)30(31,32)33)21-9-10-29(38)23-15-19-7-8-22(36)26-25(19)28(29,27(21)39-26)11-12-35(23)16-17-5-6-17/h2-4,7-8,13,17,21,23,27,36,38H,5-6,9-12,14-16H2,1H3/t21-,23+,27-,28-,29+/m0/s1. The third-order valence-corrected chi connectivity index (χ3v) is 10.2. The van der Waals surface area contributed by atoms with Crippen molar-refractivity contribution in [3.8, 4) is 11.5 Å². The highest BCUT2D eigenvalue weighted by Crippen LogP contribution is 2.66. The van der Waals surface area contributed by atoms with E-state index in [-0.39, 0.29) is 24.1 Å². The van der Waals surface area contributed by atoms with Gasteiger partial charge in [0, 0.05) is 25.2 Å². The Balaban J connectivity index is 1.22. The molecule has 9 heteroatoms. The molecule has 2 saturated carbocycles. The number of alkyl halides is 3. The third kappa shape index (κ3) is 3.58. The number of aliphatic hydroxyl groups is 1. The highest BCUT2D eigenvalue weighted by Gasteiger charge is 2.73. The average molecular weight is 543 g/mol. The highest BCUT2D eigenvalue weighted by molar-refractivity contribution is 5.79. The van der Waals surface area contributed by atoms with E-state index >= 15 is 0 Å². The second kappa shape index (κ2) is 8.36. The lowest BCUT2D eigenvalue weighted by Crippen LogP contribution is -2.78. The Bertz CT molecular complexity index is 1340. The fraction of sp³-hybridized carbons (Fsp3) is 0.567. The van der Waals surface area contributed by atoms with E-state index in [1.807, 2.05) is 6.07 Å². The van der Waals surface area contributed by atoms with Crippen LogP contribution in [0, 0.1) is 5.92 Å². The van der Waals surface area contributed by atoms with Crippen LogP contribution < -0.4 is 4.74 Å². The fourth-order valence-electron chi connectivity index (χ4n) is 8.19. The average Bonchev–Trinajstić information content (AvgIpc) is 3.63. The Morgan fingerprint density at radius 3 is 2.72 bits per heavy atom. The molecule has 2 bridgehead atoms. The largest absolute Gasteiger partial charge is 0.504 e. The number of phenols is 1. The number of piperidine rings is 1. The first-order valence-corrected chi connectivity index (χ1v) is 13.9. The quantitative estimate of drug-likeness (QED) is 0.597. The van der Waals surface area contributed by atoms with Gasteiger partial charge >= 0.3 is 6.18 Å². The lowest BCUT2D eigenvalue weighted by molar-refractivity contribution is -0.200. The van der Waals surface area contributed by atoms with Crippen molar-refractivity contribution >= 4 is 5.91 Å². The molecule has 2 aliphatic heterocycles. The molecule has 39 heavy (non-hydrogen) atoms. The van der Waals surface area contributed by atoms with E-state index < -0.39 is 34.9 Å². The van der Waals surface area contributed by atoms with Gasteiger partial charge in [0.1, 0.15) is 6.10 Å². The second-order valence-corrected chi connectivity index (χ2v) is 12.3. The number of phenolic OH excluding ortho intramolecular Hbond substituents is 1. The van der Waals surface area contributed by atoms with Crippen LogP contribution in [0.4, 0.5) is 13.2 Å². The number of nitrogens with zero attached hydrogens (tertiary/aromatic N) is 2. The molecule has 2 N–H and O–H groups in total. The first-order chi connectivity index (χ1) is 18.5. The van der Waals surface area contributed by atoms with E-state index in [9.17, 15) is 28.2 Å². The zero-order valence-electron chi connectivity index (χ0n) is 21.9. The lowest BCUT2D eigenvalue weighted by Gasteiger charge is -2.64. The maximum atomic E-state index is 13.5. The molecular weight excluding hydrogens is 509 g/mol. The SMILES string of the molecule is CN(C(=O)Cc1cccc(C(F)(F)F)c1)[C@H]1CC[C@@]2(O)[C@H]3Cc4ccc(O)c5c4[C@@]2(CCN3CC2CC2)[C@H]1O5. The van der Waals surface area contributed by atoms with Gasteiger partial charge in [-0.3, -0.25) is 9.69 Å². The minimum absolute atomic E-state index is 0.0374. The van der Waals surface area contributed by atoms with E-state index in [2.05, 4.69) is 4.90 Å². The molecular formula is C30H33F3N2O4. The molecule has 0 radical (unpaired) electrons. The van der Waals surface area contributed by atoms with Crippen molar-refractivity contribution in [1.82, 2.24) is 9.80 Å². The van der Waals surface area contributed by atoms with Crippen molar-refractivity contribution < 1.29 is 32.9 Å². The molecule has 2 heterocycles. The van der Waals surface area contributed by atoms with Crippen LogP contribution in [0.2, 0.25) is 0 Å². The number of rotatable bonds is 5. The van der Waals surface area contributed by atoms with E-state index in [4.69, 9.17) is 4.74 Å². The number of ether oxygens (including phenoxy) is 1. The van der Waals surface area contributed by atoms with E-state index in [1.54, 1.807) is 18.0 Å². The maximum Gasteiger partial charge on any atom is 0.416 e. The number of likely N-dealkylation sites (tertiary alicyclic amines) is 1. The molecule has 208 valence electrons. The van der Waals surface area contributed by atoms with Crippen molar-refractivity contribution in [2.75, 3.05) is 20.1 Å². The van der Waals surface area contributed by atoms with Crippen molar-refractivity contribution in [2.24, 2.45) is 5.92 Å². The van der Waals surface area contributed by atoms with Gasteiger partial charge < -0.3 is 19.8 Å². The van der Waals surface area contributed by atoms with Gasteiger partial charge in [0.05, 0.1) is 29.0 Å². The van der Waals surface area contributed by atoms with Crippen molar-refractivity contribution in [3.05, 3.63) is 58.7 Å². The van der Waals surface area contributed by atoms with Crippen molar-refractivity contribution in [2.45, 2.75) is 80.3 Å². The predicted octanol–water partition coefficient (Wildman–Crippen LogP) is 4.04. The van der Waals surface area contributed by atoms with Crippen LogP contribution in [0.1, 0.15) is 54.4 Å². The van der Waals surface area contributed by atoms with Gasteiger partial charge in [-0.15, -0.1) is 0 Å². The van der Waals surface area contributed by atoms with Crippen LogP contribution in [0.15, 0.2) is 36.4 Å². The molecule has 5 aliphatic rings. The number of likely N-dealkylation sites (N-methyl/N-ethyl adjacent to an activating group) is 1. The van der Waals surface area contributed by atoms with Crippen molar-refractivity contribution in [3.63, 3.8) is 0 Å². The molecule has 1 amide bonds. The van der Waals surface area contributed by atoms with E-state index in [0.717, 1.165) is 36.3 Å². The molecule has 1 spiro atoms. The van der Waals surface area contributed by atoms with Crippen LogP contribution in [0.3, 0.4) is 0 Å². The number of halogens is 3. The summed E-state index contributed by atoms with van der Waals surface area (Å²) in [5, 5.41) is 23.4. The Morgan fingerprint density at radius 2 is 1.97 bits per heavy atom. The minimum atomic E-state index is -4.48. The molecule has 1 saturated heterocycles. The van der Waals surface area contributed by atoms with E-state index in [0.29, 0.717) is 42.9 Å². The van der Waals surface area contributed by atoms with Crippen LogP contribution >= 0.6 is 0 Å². The summed E-state index contributed by atoms with van der Waals surface area (Å²) in [6, 6.07) is 8.03. The molecule has 7 rings (SSSR count). The third-order valence-electron chi connectivity index (χ3n) is 10.2. The van der Waals surface area contributed by atoms with Crippen LogP contribution in [-0.2, 0) is 29.2 Å². The number of aromatic hydroxyl groups is 1. The van der Waals surface area contributed by atoms with E-state index in [1.165, 1.54) is 25.0 Å². The maximum absolute atomic E-state index is 13.5. The van der Waals surface area contributed by atoms with Crippen LogP contribution in [-0.4, -0.2) is 69.8 Å². The smallest absolute Gasteiger partial charge is 0.416 e. The number of amides is 1. The van der Waals surface area contributed by atoms with Crippen molar-refractivity contribution in [1.29, 1.82) is 0 Å². The van der Waals surface area contributed by atoms with Crippen LogP contribution in [0.25, 0.3) is 0 Å². The van der Waals surface area contributed by atoms with Gasteiger partial charge in [0.25, 0.3) is 0 Å². The van der Waals surface area contributed by atoms with Gasteiger partial charge in [-0.25, -0.2) is 0 Å². The Kier molecular flexibility index (Phi) is 5.41. The fourth-order valence-corrected chi connectivity index (χ4v) is 8.19. The van der Waals surface area contributed by atoms with Gasteiger partial charge in [0.15, 0.2) is 11.5 Å². The van der Waals surface area contributed by atoms with Gasteiger partial charge in [-0.1, -0.05) is 24.3 Å². The zero-order valence-corrected chi connectivity index (χ0v) is 21.9. The monoisotopic (exact) mass is 542 g/mol. The van der Waals surface area contributed by atoms with Gasteiger partial charge in [-0.05, 0) is 74.2 Å². The van der Waals surface area contributed by atoms with Gasteiger partial charge in [-0.2, -0.15) is 13.2 Å². The molecule has 3 fully saturated rings. The first kappa shape index (κ1) is 25.2. The number of benzene rings is 2. The molecule has 3 aliphatic carbocycles. The topological polar surface area (TPSA) is 73.2 Å². The Morgan fingerprint density at radius 1 is 1.18 bits per heavy atom. The number of hydrogen-bond acceptors (Lipinski definition) is 5. The minimum Gasteiger partial charge on any atom is -0.504 e. The van der Waals surface area contributed by atoms with Crippen LogP contribution in [0.5, 0.6) is 11.5 Å². The number of hydrogen-bond donors (Lipinski definition) is 2. The summed E-state index contributed by atoms with van der Waals surface area (Å²) in [7, 11) is 1.68. The summed E-state index contributed by atoms with van der Waals surface area (Å²) >= 11 is 0. The zero-order chi connectivity index (χ0) is 27.3. The van der Waals surface area contributed by atoms with Gasteiger partial charge in [0.2, 0.25) is 5.91 Å². The normalized spacial score (nSPS) is 32.9. The molecule has 2 aromatic carbocycles. The first-order valence-electron chi connectivity index (χ1n) is 13.9. The number of carbonyl (C=O) groups excluding carboxylic acids is 1. The molecule has 0 aromatic heterocycles. The summed E-state index contributed by atoms with van der Waals surface area (Å²) < 4.78 is 46.2. The Labute approximate surface area is 225 Å². The molecule has 0 unspecified atom stereocenters. The summed E-state index contributed by atoms with van der Waals surface area (Å²) in [4.78, 5) is 17.5. The number of carbonyl (C=O) groups is 1. The molecule has 6 nitrogen and oxygen atoms in total. The molecule has 2 aromatic rings. The predicted molar refractivity (Wildman–Crippen MR) is 136 cm³/mol. The summed E-state index contributed by atoms with van der Waals surface area (Å²) in [5.41, 5.74) is -0.319. The summed E-state index contributed by atoms with van der Waals surface area (Å²) in [5.74, 6) is 0.834. The summed E-state index contributed by atoms with van der Waals surface area (Å²) in [6.45, 7) is 1.79. The lowest BCUT2D eigenvalue weighted by atomic mass is 9.48.